The summed E-state index contributed by atoms with van der Waals surface area (Å²) in [6.45, 7) is 5.04. The maximum absolute atomic E-state index is 12.1. The summed E-state index contributed by atoms with van der Waals surface area (Å²) in [7, 11) is -2.50. The van der Waals surface area contributed by atoms with Crippen molar-refractivity contribution in [2.24, 2.45) is 0 Å². The van der Waals surface area contributed by atoms with Crippen LogP contribution in [-0.4, -0.2) is 32.2 Å². The Balaban J connectivity index is 2.89. The van der Waals surface area contributed by atoms with Gasteiger partial charge in [0, 0.05) is 6.07 Å². The molecule has 1 N–H and O–H groups in total. The fraction of sp³-hybridized carbons (Fsp3) is 0.667. The molecular weight excluding hydrogens is 284 g/mol. The molecule has 1 heterocycles. The third-order valence-corrected chi connectivity index (χ3v) is 4.22. The summed E-state index contributed by atoms with van der Waals surface area (Å²) in [5, 5.41) is 3.63. The Kier molecular flexibility index (Phi) is 5.29. The van der Waals surface area contributed by atoms with E-state index < -0.39 is 21.5 Å². The van der Waals surface area contributed by atoms with Crippen molar-refractivity contribution in [2.75, 3.05) is 7.11 Å². The minimum atomic E-state index is -3.73. The highest BCUT2D eigenvalue weighted by Gasteiger charge is 2.37. The Hall–Kier alpha value is -1.41. The number of aromatic nitrogens is 1. The maximum Gasteiger partial charge on any atom is 0.326 e. The second kappa shape index (κ2) is 6.36. The van der Waals surface area contributed by atoms with Crippen molar-refractivity contribution >= 4 is 16.0 Å². The molecule has 0 aliphatic carbocycles. The number of carbonyl (C=O) groups excluding carboxylic acids is 1. The van der Waals surface area contributed by atoms with E-state index in [1.165, 1.54) is 20.1 Å². The Bertz CT molecular complexity index is 566. The van der Waals surface area contributed by atoms with Crippen molar-refractivity contribution < 1.29 is 22.5 Å². The molecule has 0 saturated carbocycles. The molecule has 1 rings (SSSR count). The smallest absolute Gasteiger partial charge is 0.326 e. The quantitative estimate of drug-likeness (QED) is 0.758. The Morgan fingerprint density at radius 1 is 1.55 bits per heavy atom. The molecule has 114 valence electrons. The Morgan fingerprint density at radius 2 is 2.20 bits per heavy atom. The topological polar surface area (TPSA) is 98.5 Å². The summed E-state index contributed by atoms with van der Waals surface area (Å²) in [4.78, 5) is 11.8. The predicted molar refractivity (Wildman–Crippen MR) is 72.3 cm³/mol. The molecule has 7 nitrogen and oxygen atoms in total. The van der Waals surface area contributed by atoms with Crippen LogP contribution in [0, 0.1) is 6.92 Å². The number of methoxy groups -OCH3 is 1. The highest BCUT2D eigenvalue weighted by molar-refractivity contribution is 7.88. The lowest BCUT2D eigenvalue weighted by Gasteiger charge is -2.26. The SMILES string of the molecule is CCCC(C)(NS(=O)(=O)Cc1cc(C)on1)C(=O)OC. The Labute approximate surface area is 118 Å². The van der Waals surface area contributed by atoms with Gasteiger partial charge in [-0.2, -0.15) is 4.72 Å². The van der Waals surface area contributed by atoms with Crippen LogP contribution in [0.15, 0.2) is 10.6 Å². The van der Waals surface area contributed by atoms with Gasteiger partial charge in [-0.3, -0.25) is 4.79 Å². The fourth-order valence-corrected chi connectivity index (χ4v) is 3.45. The van der Waals surface area contributed by atoms with Crippen molar-refractivity contribution in [3.05, 3.63) is 17.5 Å². The number of sulfonamides is 1. The maximum atomic E-state index is 12.1. The van der Waals surface area contributed by atoms with Crippen LogP contribution >= 0.6 is 0 Å². The average Bonchev–Trinajstić information content (AvgIpc) is 2.72. The minimum Gasteiger partial charge on any atom is -0.468 e. The van der Waals surface area contributed by atoms with Crippen LogP contribution in [-0.2, 0) is 25.3 Å². The van der Waals surface area contributed by atoms with E-state index in [2.05, 4.69) is 14.6 Å². The summed E-state index contributed by atoms with van der Waals surface area (Å²) in [5.74, 6) is -0.431. The van der Waals surface area contributed by atoms with Crippen LogP contribution in [0.1, 0.15) is 38.1 Å². The zero-order chi connectivity index (χ0) is 15.4. The van der Waals surface area contributed by atoms with Gasteiger partial charge in [0.1, 0.15) is 22.7 Å². The Morgan fingerprint density at radius 3 is 2.65 bits per heavy atom. The van der Waals surface area contributed by atoms with E-state index in [1.807, 2.05) is 6.92 Å². The van der Waals surface area contributed by atoms with Crippen molar-refractivity contribution in [1.29, 1.82) is 0 Å². The number of nitrogens with one attached hydrogen (secondary N) is 1. The zero-order valence-electron chi connectivity index (χ0n) is 12.1. The normalized spacial score (nSPS) is 14.8. The van der Waals surface area contributed by atoms with Crippen LogP contribution in [0.4, 0.5) is 0 Å². The van der Waals surface area contributed by atoms with Crippen LogP contribution in [0.2, 0.25) is 0 Å². The van der Waals surface area contributed by atoms with E-state index in [-0.39, 0.29) is 5.75 Å². The molecule has 0 radical (unpaired) electrons. The first-order chi connectivity index (χ1) is 9.22. The number of rotatable bonds is 7. The molecule has 1 aromatic heterocycles. The summed E-state index contributed by atoms with van der Waals surface area (Å²) in [6, 6.07) is 1.54. The second-order valence-electron chi connectivity index (χ2n) is 4.86. The summed E-state index contributed by atoms with van der Waals surface area (Å²) >= 11 is 0. The first kappa shape index (κ1) is 16.6. The second-order valence-corrected chi connectivity index (χ2v) is 6.59. The first-order valence-electron chi connectivity index (χ1n) is 6.24. The van der Waals surface area contributed by atoms with Gasteiger partial charge in [0.2, 0.25) is 10.0 Å². The molecular formula is C12H20N2O5S. The van der Waals surface area contributed by atoms with E-state index in [4.69, 9.17) is 4.52 Å². The lowest BCUT2D eigenvalue weighted by molar-refractivity contribution is -0.147. The molecule has 1 aromatic rings. The fourth-order valence-electron chi connectivity index (χ4n) is 1.98. The van der Waals surface area contributed by atoms with E-state index in [1.54, 1.807) is 6.92 Å². The van der Waals surface area contributed by atoms with Crippen LogP contribution in [0.25, 0.3) is 0 Å². The minimum absolute atomic E-state index is 0.290. The predicted octanol–water partition coefficient (Wildman–Crippen LogP) is 1.13. The number of carbonyl (C=O) groups is 1. The molecule has 0 fully saturated rings. The number of hydrogen-bond acceptors (Lipinski definition) is 6. The van der Waals surface area contributed by atoms with E-state index in [0.29, 0.717) is 24.3 Å². The van der Waals surface area contributed by atoms with Gasteiger partial charge in [0.05, 0.1) is 7.11 Å². The number of hydrogen-bond donors (Lipinski definition) is 1. The number of nitrogens with zero attached hydrogens (tertiary/aromatic N) is 1. The van der Waals surface area contributed by atoms with Gasteiger partial charge in [-0.1, -0.05) is 18.5 Å². The van der Waals surface area contributed by atoms with Gasteiger partial charge < -0.3 is 9.26 Å². The van der Waals surface area contributed by atoms with Crippen molar-refractivity contribution in [3.63, 3.8) is 0 Å². The highest BCUT2D eigenvalue weighted by atomic mass is 32.2. The largest absolute Gasteiger partial charge is 0.468 e. The van der Waals surface area contributed by atoms with Crippen molar-refractivity contribution in [1.82, 2.24) is 9.88 Å². The molecule has 0 amide bonds. The molecule has 0 bridgehead atoms. The standard InChI is InChI=1S/C12H20N2O5S/c1-5-6-12(3,11(15)18-4)14-20(16,17)8-10-7-9(2)19-13-10/h7,14H,5-6,8H2,1-4H3. The molecule has 0 spiro atoms. The zero-order valence-corrected chi connectivity index (χ0v) is 12.9. The van der Waals surface area contributed by atoms with Crippen LogP contribution in [0.5, 0.6) is 0 Å². The summed E-state index contributed by atoms with van der Waals surface area (Å²) < 4.78 is 36.1. The van der Waals surface area contributed by atoms with Gasteiger partial charge in [-0.25, -0.2) is 8.42 Å². The molecule has 0 saturated heterocycles. The van der Waals surface area contributed by atoms with Gasteiger partial charge in [0.15, 0.2) is 0 Å². The van der Waals surface area contributed by atoms with Gasteiger partial charge in [0.25, 0.3) is 0 Å². The van der Waals surface area contributed by atoms with E-state index in [0.717, 1.165) is 0 Å². The van der Waals surface area contributed by atoms with E-state index >= 15 is 0 Å². The van der Waals surface area contributed by atoms with Crippen molar-refractivity contribution in [2.45, 2.75) is 44.9 Å². The average molecular weight is 304 g/mol. The van der Waals surface area contributed by atoms with Crippen LogP contribution < -0.4 is 4.72 Å². The van der Waals surface area contributed by atoms with Crippen LogP contribution in [0.3, 0.4) is 0 Å². The molecule has 0 aliphatic heterocycles. The van der Waals surface area contributed by atoms with Gasteiger partial charge >= 0.3 is 5.97 Å². The first-order valence-corrected chi connectivity index (χ1v) is 7.90. The molecule has 1 unspecified atom stereocenters. The molecule has 1 atom stereocenters. The summed E-state index contributed by atoms with van der Waals surface area (Å²) in [5.41, 5.74) is -0.986. The van der Waals surface area contributed by atoms with Crippen molar-refractivity contribution in [3.8, 4) is 0 Å². The van der Waals surface area contributed by atoms with E-state index in [9.17, 15) is 13.2 Å². The van der Waals surface area contributed by atoms with Gasteiger partial charge in [-0.15, -0.1) is 0 Å². The lowest BCUT2D eigenvalue weighted by Crippen LogP contribution is -2.52. The molecule has 0 aliphatic rings. The lowest BCUT2D eigenvalue weighted by atomic mass is 9.98. The number of ether oxygens (including phenoxy) is 1. The number of esters is 1. The molecule has 0 aromatic carbocycles. The highest BCUT2D eigenvalue weighted by Crippen LogP contribution is 2.17. The third-order valence-electron chi connectivity index (χ3n) is 2.78. The monoisotopic (exact) mass is 304 g/mol. The third kappa shape index (κ3) is 4.31. The van der Waals surface area contributed by atoms with Gasteiger partial charge in [-0.05, 0) is 20.3 Å². The number of aryl methyl sites for hydroxylation is 1. The molecule has 20 heavy (non-hydrogen) atoms. The molecule has 8 heteroatoms. The summed E-state index contributed by atoms with van der Waals surface area (Å²) in [6.07, 6.45) is 0.980.